The summed E-state index contributed by atoms with van der Waals surface area (Å²) in [6, 6.07) is 17.3. The van der Waals surface area contributed by atoms with Gasteiger partial charge in [0.05, 0.1) is 11.8 Å². The summed E-state index contributed by atoms with van der Waals surface area (Å²) in [4.78, 5) is 4.82. The standard InChI is InChI=1S/C18H21NO3/c1-14(19-21-2)18-11-7-6-8-15(18)12-16(20)13-22-17-9-4-3-5-10-17/h3-11,16,20H,12-13H2,1-2H3/b19-14+. The van der Waals surface area contributed by atoms with Crippen LogP contribution < -0.4 is 4.74 Å². The number of aliphatic hydroxyl groups excluding tert-OH is 1. The summed E-state index contributed by atoms with van der Waals surface area (Å²) in [6.07, 6.45) is -0.0868. The van der Waals surface area contributed by atoms with Crippen LogP contribution in [-0.2, 0) is 11.3 Å². The molecule has 0 bridgehead atoms. The first-order valence-electron chi connectivity index (χ1n) is 7.22. The van der Waals surface area contributed by atoms with E-state index in [1.54, 1.807) is 0 Å². The van der Waals surface area contributed by atoms with Crippen LogP contribution in [0.2, 0.25) is 0 Å². The third-order valence-electron chi connectivity index (χ3n) is 3.28. The molecule has 22 heavy (non-hydrogen) atoms. The zero-order chi connectivity index (χ0) is 15.8. The van der Waals surface area contributed by atoms with Crippen molar-refractivity contribution >= 4 is 5.71 Å². The Balaban J connectivity index is 1.99. The Kier molecular flexibility index (Phi) is 5.98. The third-order valence-corrected chi connectivity index (χ3v) is 3.28. The Morgan fingerprint density at radius 1 is 1.09 bits per heavy atom. The molecule has 1 unspecified atom stereocenters. The average molecular weight is 299 g/mol. The van der Waals surface area contributed by atoms with Gasteiger partial charge in [0.1, 0.15) is 19.5 Å². The lowest BCUT2D eigenvalue weighted by atomic mass is 9.99. The summed E-state index contributed by atoms with van der Waals surface area (Å²) >= 11 is 0. The molecule has 0 amide bonds. The lowest BCUT2D eigenvalue weighted by Gasteiger charge is -2.15. The predicted molar refractivity (Wildman–Crippen MR) is 87.3 cm³/mol. The van der Waals surface area contributed by atoms with Gasteiger partial charge in [-0.1, -0.05) is 47.6 Å². The molecule has 2 aromatic rings. The van der Waals surface area contributed by atoms with Gasteiger partial charge < -0.3 is 14.7 Å². The first kappa shape index (κ1) is 16.0. The van der Waals surface area contributed by atoms with Gasteiger partial charge in [0, 0.05) is 12.0 Å². The van der Waals surface area contributed by atoms with Crippen molar-refractivity contribution in [2.24, 2.45) is 5.16 Å². The maximum Gasteiger partial charge on any atom is 0.119 e. The van der Waals surface area contributed by atoms with E-state index < -0.39 is 6.10 Å². The first-order valence-corrected chi connectivity index (χ1v) is 7.22. The Bertz CT molecular complexity index is 611. The van der Waals surface area contributed by atoms with Crippen molar-refractivity contribution in [1.29, 1.82) is 0 Å². The van der Waals surface area contributed by atoms with Crippen molar-refractivity contribution in [1.82, 2.24) is 0 Å². The highest BCUT2D eigenvalue weighted by Crippen LogP contribution is 2.14. The summed E-state index contributed by atoms with van der Waals surface area (Å²) in [5, 5.41) is 14.2. The molecule has 1 N–H and O–H groups in total. The summed E-state index contributed by atoms with van der Waals surface area (Å²) in [5.41, 5.74) is 2.78. The number of aliphatic hydroxyl groups is 1. The van der Waals surface area contributed by atoms with Gasteiger partial charge >= 0.3 is 0 Å². The second-order valence-electron chi connectivity index (χ2n) is 5.00. The van der Waals surface area contributed by atoms with Gasteiger partial charge in [-0.3, -0.25) is 0 Å². The number of benzene rings is 2. The summed E-state index contributed by atoms with van der Waals surface area (Å²) < 4.78 is 5.58. The summed E-state index contributed by atoms with van der Waals surface area (Å²) in [6.45, 7) is 2.13. The minimum absolute atomic E-state index is 0.249. The van der Waals surface area contributed by atoms with Crippen LogP contribution in [-0.4, -0.2) is 30.6 Å². The van der Waals surface area contributed by atoms with Gasteiger partial charge in [-0.25, -0.2) is 0 Å². The van der Waals surface area contributed by atoms with Crippen LogP contribution in [0.25, 0.3) is 0 Å². The van der Waals surface area contributed by atoms with Crippen LogP contribution in [0, 0.1) is 0 Å². The lowest BCUT2D eigenvalue weighted by molar-refractivity contribution is 0.107. The molecular weight excluding hydrogens is 278 g/mol. The molecule has 0 aliphatic heterocycles. The van der Waals surface area contributed by atoms with Gasteiger partial charge in [0.15, 0.2) is 0 Å². The fourth-order valence-corrected chi connectivity index (χ4v) is 2.26. The van der Waals surface area contributed by atoms with Crippen LogP contribution >= 0.6 is 0 Å². The molecule has 0 spiro atoms. The van der Waals surface area contributed by atoms with E-state index in [9.17, 15) is 5.11 Å². The third kappa shape index (κ3) is 4.60. The molecule has 4 heteroatoms. The molecule has 0 heterocycles. The maximum atomic E-state index is 10.2. The molecule has 0 aliphatic rings. The van der Waals surface area contributed by atoms with Gasteiger partial charge in [-0.15, -0.1) is 0 Å². The number of hydrogen-bond acceptors (Lipinski definition) is 4. The van der Waals surface area contributed by atoms with E-state index in [-0.39, 0.29) is 6.61 Å². The average Bonchev–Trinajstić information content (AvgIpc) is 2.54. The number of hydrogen-bond donors (Lipinski definition) is 1. The monoisotopic (exact) mass is 299 g/mol. The molecule has 116 valence electrons. The fraction of sp³-hybridized carbons (Fsp3) is 0.278. The molecule has 2 rings (SSSR count). The second-order valence-corrected chi connectivity index (χ2v) is 5.00. The molecule has 2 aromatic carbocycles. The summed E-state index contributed by atoms with van der Waals surface area (Å²) in [5.74, 6) is 0.756. The molecule has 4 nitrogen and oxygen atoms in total. The van der Waals surface area contributed by atoms with E-state index in [0.717, 1.165) is 22.6 Å². The van der Waals surface area contributed by atoms with Gasteiger partial charge in [0.25, 0.3) is 0 Å². The Hall–Kier alpha value is -2.33. The Labute approximate surface area is 131 Å². The summed E-state index contributed by atoms with van der Waals surface area (Å²) in [7, 11) is 1.52. The zero-order valence-corrected chi connectivity index (χ0v) is 12.9. The highest BCUT2D eigenvalue weighted by atomic mass is 16.6. The minimum atomic E-state index is -0.586. The van der Waals surface area contributed by atoms with Crippen LogP contribution in [0.15, 0.2) is 59.8 Å². The highest BCUT2D eigenvalue weighted by molar-refractivity contribution is 5.99. The molecule has 0 aliphatic carbocycles. The predicted octanol–water partition coefficient (Wildman–Crippen LogP) is 3.04. The van der Waals surface area contributed by atoms with Crippen molar-refractivity contribution in [3.63, 3.8) is 0 Å². The number of rotatable bonds is 7. The largest absolute Gasteiger partial charge is 0.491 e. The number of oxime groups is 1. The quantitative estimate of drug-likeness (QED) is 0.631. The van der Waals surface area contributed by atoms with E-state index >= 15 is 0 Å². The normalized spacial score (nSPS) is 12.8. The van der Waals surface area contributed by atoms with E-state index in [0.29, 0.717) is 6.42 Å². The number of nitrogens with zero attached hydrogens (tertiary/aromatic N) is 1. The number of para-hydroxylation sites is 1. The molecule has 0 saturated heterocycles. The molecule has 1 atom stereocenters. The molecular formula is C18H21NO3. The fourth-order valence-electron chi connectivity index (χ4n) is 2.26. The van der Waals surface area contributed by atoms with Crippen molar-refractivity contribution in [3.05, 3.63) is 65.7 Å². The van der Waals surface area contributed by atoms with E-state index in [1.165, 1.54) is 7.11 Å². The van der Waals surface area contributed by atoms with Crippen molar-refractivity contribution in [3.8, 4) is 5.75 Å². The van der Waals surface area contributed by atoms with E-state index in [4.69, 9.17) is 9.57 Å². The van der Waals surface area contributed by atoms with Gasteiger partial charge in [-0.05, 0) is 24.6 Å². The van der Waals surface area contributed by atoms with Crippen LogP contribution in [0.5, 0.6) is 5.75 Å². The molecule has 0 radical (unpaired) electrons. The van der Waals surface area contributed by atoms with Gasteiger partial charge in [0.2, 0.25) is 0 Å². The van der Waals surface area contributed by atoms with Crippen molar-refractivity contribution in [2.75, 3.05) is 13.7 Å². The molecule has 0 aromatic heterocycles. The molecule has 0 saturated carbocycles. The minimum Gasteiger partial charge on any atom is -0.491 e. The Morgan fingerprint density at radius 3 is 2.50 bits per heavy atom. The molecule has 0 fully saturated rings. The topological polar surface area (TPSA) is 51.0 Å². The Morgan fingerprint density at radius 2 is 1.77 bits per heavy atom. The van der Waals surface area contributed by atoms with E-state index in [1.807, 2.05) is 61.5 Å². The second kappa shape index (κ2) is 8.20. The lowest BCUT2D eigenvalue weighted by Crippen LogP contribution is -2.21. The van der Waals surface area contributed by atoms with Crippen molar-refractivity contribution < 1.29 is 14.7 Å². The van der Waals surface area contributed by atoms with Crippen LogP contribution in [0.1, 0.15) is 18.1 Å². The maximum absolute atomic E-state index is 10.2. The van der Waals surface area contributed by atoms with Gasteiger partial charge in [-0.2, -0.15) is 0 Å². The first-order chi connectivity index (χ1) is 10.7. The van der Waals surface area contributed by atoms with E-state index in [2.05, 4.69) is 5.16 Å². The highest BCUT2D eigenvalue weighted by Gasteiger charge is 2.11. The SMILES string of the molecule is CO/N=C(\C)c1ccccc1CC(O)COc1ccccc1. The smallest absolute Gasteiger partial charge is 0.119 e. The van der Waals surface area contributed by atoms with Crippen molar-refractivity contribution in [2.45, 2.75) is 19.4 Å². The van der Waals surface area contributed by atoms with Crippen LogP contribution in [0.4, 0.5) is 0 Å². The number of ether oxygens (including phenoxy) is 1. The zero-order valence-electron chi connectivity index (χ0n) is 12.9. The van der Waals surface area contributed by atoms with Crippen LogP contribution in [0.3, 0.4) is 0 Å².